The van der Waals surface area contributed by atoms with Gasteiger partial charge in [0.15, 0.2) is 0 Å². The van der Waals surface area contributed by atoms with Crippen molar-refractivity contribution in [3.63, 3.8) is 0 Å². The van der Waals surface area contributed by atoms with Crippen molar-refractivity contribution in [1.82, 2.24) is 25.1 Å². The predicted octanol–water partition coefficient (Wildman–Crippen LogP) is 4.10. The molecule has 0 aliphatic heterocycles. The van der Waals surface area contributed by atoms with E-state index >= 15 is 0 Å². The summed E-state index contributed by atoms with van der Waals surface area (Å²) in [6.07, 6.45) is 8.09. The van der Waals surface area contributed by atoms with Crippen LogP contribution in [0.15, 0.2) is 42.9 Å². The molecule has 2 aromatic heterocycles. The first-order valence-electron chi connectivity index (χ1n) is 9.72. The number of halogens is 1. The maximum atomic E-state index is 12.3. The van der Waals surface area contributed by atoms with Gasteiger partial charge in [-0.3, -0.25) is 9.48 Å². The lowest BCUT2D eigenvalue weighted by molar-refractivity contribution is 0.0944. The molecule has 30 heavy (non-hydrogen) atoms. The Bertz CT molecular complexity index is 1100. The Morgan fingerprint density at radius 2 is 2.10 bits per heavy atom. The topological polar surface area (TPSA) is 109 Å². The second-order valence-corrected chi connectivity index (χ2v) is 7.50. The van der Waals surface area contributed by atoms with E-state index in [2.05, 4.69) is 31.8 Å². The van der Waals surface area contributed by atoms with Gasteiger partial charge in [-0.15, -0.1) is 0 Å². The number of rotatable bonds is 7. The molecular weight excluding hydrogens is 402 g/mol. The molecule has 1 aliphatic rings. The van der Waals surface area contributed by atoms with Crippen molar-refractivity contribution in [3.8, 4) is 17.3 Å². The average Bonchev–Trinajstić information content (AvgIpc) is 3.52. The summed E-state index contributed by atoms with van der Waals surface area (Å²) in [6.45, 7) is 1.84. The van der Waals surface area contributed by atoms with E-state index in [1.807, 2.05) is 17.8 Å². The summed E-state index contributed by atoms with van der Waals surface area (Å²) in [6, 6.07) is 8.95. The Morgan fingerprint density at radius 3 is 2.77 bits per heavy atom. The van der Waals surface area contributed by atoms with Crippen molar-refractivity contribution in [3.05, 3.63) is 53.4 Å². The molecule has 1 unspecified atom stereocenters. The molecule has 9 heteroatoms. The molecule has 4 rings (SSSR count). The molecule has 1 fully saturated rings. The van der Waals surface area contributed by atoms with Crippen LogP contribution >= 0.6 is 11.6 Å². The second-order valence-electron chi connectivity index (χ2n) is 7.10. The Morgan fingerprint density at radius 1 is 1.33 bits per heavy atom. The molecule has 0 bridgehead atoms. The van der Waals surface area contributed by atoms with Gasteiger partial charge in [-0.25, -0.2) is 9.97 Å². The number of aromatic nitrogens is 4. The number of nitrogens with one attached hydrogen (secondary N) is 2. The lowest BCUT2D eigenvalue weighted by atomic mass is 10.1. The van der Waals surface area contributed by atoms with Gasteiger partial charge in [-0.2, -0.15) is 10.4 Å². The zero-order valence-electron chi connectivity index (χ0n) is 16.3. The Balaban J connectivity index is 1.50. The normalized spacial score (nSPS) is 14.0. The number of hydrogen-bond donors (Lipinski definition) is 2. The largest absolute Gasteiger partial charge is 0.336 e. The quantitative estimate of drug-likeness (QED) is 0.594. The Kier molecular flexibility index (Phi) is 5.63. The van der Waals surface area contributed by atoms with Crippen LogP contribution in [0.5, 0.6) is 0 Å². The summed E-state index contributed by atoms with van der Waals surface area (Å²) < 4.78 is 1.94. The van der Waals surface area contributed by atoms with Gasteiger partial charge in [-0.1, -0.05) is 30.7 Å². The zero-order chi connectivity index (χ0) is 21.1. The van der Waals surface area contributed by atoms with E-state index in [-0.39, 0.29) is 5.91 Å². The van der Waals surface area contributed by atoms with Crippen LogP contribution in [0.25, 0.3) is 11.3 Å². The van der Waals surface area contributed by atoms with Gasteiger partial charge in [0.25, 0.3) is 5.91 Å². The van der Waals surface area contributed by atoms with Crippen molar-refractivity contribution < 1.29 is 4.79 Å². The van der Waals surface area contributed by atoms with Crippen LogP contribution in [-0.4, -0.2) is 31.7 Å². The van der Waals surface area contributed by atoms with Crippen LogP contribution in [0.3, 0.4) is 0 Å². The van der Waals surface area contributed by atoms with Crippen molar-refractivity contribution in [2.75, 3.05) is 5.32 Å². The van der Waals surface area contributed by atoms with Crippen LogP contribution in [0.2, 0.25) is 5.02 Å². The summed E-state index contributed by atoms with van der Waals surface area (Å²) in [5.74, 6) is 0.116. The fourth-order valence-electron chi connectivity index (χ4n) is 2.95. The number of nitriles is 1. The van der Waals surface area contributed by atoms with Crippen molar-refractivity contribution >= 4 is 29.1 Å². The first-order chi connectivity index (χ1) is 14.6. The third-order valence-corrected chi connectivity index (χ3v) is 5.09. The fourth-order valence-corrected chi connectivity index (χ4v) is 3.15. The lowest BCUT2D eigenvalue weighted by Gasteiger charge is -2.10. The van der Waals surface area contributed by atoms with Gasteiger partial charge in [0, 0.05) is 17.3 Å². The maximum absolute atomic E-state index is 12.3. The number of carbonyl (C=O) groups is 1. The lowest BCUT2D eigenvalue weighted by Crippen LogP contribution is -2.33. The minimum Gasteiger partial charge on any atom is -0.336 e. The minimum atomic E-state index is -0.508. The third kappa shape index (κ3) is 4.42. The van der Waals surface area contributed by atoms with E-state index in [4.69, 9.17) is 16.9 Å². The average molecular weight is 422 g/mol. The van der Waals surface area contributed by atoms with E-state index in [0.717, 1.165) is 24.1 Å². The van der Waals surface area contributed by atoms with E-state index < -0.39 is 6.04 Å². The molecule has 0 radical (unpaired) electrons. The van der Waals surface area contributed by atoms with E-state index in [1.165, 1.54) is 6.20 Å². The van der Waals surface area contributed by atoms with Crippen LogP contribution in [-0.2, 0) is 0 Å². The first kappa shape index (κ1) is 19.9. The summed E-state index contributed by atoms with van der Waals surface area (Å²) in [7, 11) is 0. The fraction of sp³-hybridized carbons (Fsp3) is 0.286. The molecule has 152 valence electrons. The highest BCUT2D eigenvalue weighted by molar-refractivity contribution is 6.32. The summed E-state index contributed by atoms with van der Waals surface area (Å²) in [5.41, 5.74) is 2.58. The highest BCUT2D eigenvalue weighted by atomic mass is 35.5. The third-order valence-electron chi connectivity index (χ3n) is 4.81. The molecule has 1 atom stereocenters. The number of hydrogen-bond acceptors (Lipinski definition) is 6. The Hall–Kier alpha value is -3.44. The molecule has 1 aliphatic carbocycles. The summed E-state index contributed by atoms with van der Waals surface area (Å²) in [4.78, 5) is 21.0. The summed E-state index contributed by atoms with van der Waals surface area (Å²) in [5, 5.41) is 19.6. The van der Waals surface area contributed by atoms with Gasteiger partial charge in [0.05, 0.1) is 40.9 Å². The molecule has 2 N–H and O–H groups in total. The van der Waals surface area contributed by atoms with Crippen molar-refractivity contribution in [1.29, 1.82) is 5.26 Å². The zero-order valence-corrected chi connectivity index (χ0v) is 17.1. The minimum absolute atomic E-state index is 0.293. The molecular formula is C21H20ClN7O. The molecule has 1 aromatic carbocycles. The van der Waals surface area contributed by atoms with Crippen LogP contribution in [0, 0.1) is 11.3 Å². The van der Waals surface area contributed by atoms with Gasteiger partial charge < -0.3 is 10.6 Å². The van der Waals surface area contributed by atoms with Gasteiger partial charge >= 0.3 is 0 Å². The SMILES string of the molecule is CCC(C#N)NC(=O)c1ccc(-c2nc(Nc3cnn(C4CC4)c3)ncc2Cl)cc1. The summed E-state index contributed by atoms with van der Waals surface area (Å²) >= 11 is 6.31. The highest BCUT2D eigenvalue weighted by Gasteiger charge is 2.24. The predicted molar refractivity (Wildman–Crippen MR) is 113 cm³/mol. The number of amides is 1. The molecule has 2 heterocycles. The van der Waals surface area contributed by atoms with Gasteiger partial charge in [0.1, 0.15) is 6.04 Å². The molecule has 1 saturated carbocycles. The second kappa shape index (κ2) is 8.51. The van der Waals surface area contributed by atoms with Crippen LogP contribution in [0.1, 0.15) is 42.6 Å². The van der Waals surface area contributed by atoms with Crippen molar-refractivity contribution in [2.24, 2.45) is 0 Å². The maximum Gasteiger partial charge on any atom is 0.252 e. The first-order valence-corrected chi connectivity index (χ1v) is 10.1. The van der Waals surface area contributed by atoms with Gasteiger partial charge in [-0.05, 0) is 31.4 Å². The van der Waals surface area contributed by atoms with Gasteiger partial charge in [0.2, 0.25) is 5.95 Å². The molecule has 8 nitrogen and oxygen atoms in total. The van der Waals surface area contributed by atoms with E-state index in [9.17, 15) is 4.79 Å². The number of nitrogens with zero attached hydrogens (tertiary/aromatic N) is 5. The standard InChI is InChI=1S/C21H20ClN7O/c1-2-15(9-23)26-20(30)14-5-3-13(4-6-14)19-18(22)11-24-21(28-19)27-16-10-25-29(12-16)17-7-8-17/h3-6,10-12,15,17H,2,7-8H2,1H3,(H,26,30)(H,24,27,28). The number of anilines is 2. The number of benzene rings is 1. The smallest absolute Gasteiger partial charge is 0.252 e. The molecule has 3 aromatic rings. The monoisotopic (exact) mass is 421 g/mol. The van der Waals surface area contributed by atoms with E-state index in [1.54, 1.807) is 30.5 Å². The Labute approximate surface area is 178 Å². The molecule has 0 spiro atoms. The molecule has 1 amide bonds. The number of carbonyl (C=O) groups excluding carboxylic acids is 1. The highest BCUT2D eigenvalue weighted by Crippen LogP contribution is 2.35. The van der Waals surface area contributed by atoms with E-state index in [0.29, 0.717) is 34.7 Å². The van der Waals surface area contributed by atoms with Crippen LogP contribution < -0.4 is 10.6 Å². The van der Waals surface area contributed by atoms with Crippen molar-refractivity contribution in [2.45, 2.75) is 38.3 Å². The van der Waals surface area contributed by atoms with Crippen LogP contribution in [0.4, 0.5) is 11.6 Å². The molecule has 0 saturated heterocycles.